The van der Waals surface area contributed by atoms with E-state index in [0.717, 1.165) is 37.7 Å². The van der Waals surface area contributed by atoms with Crippen LogP contribution in [0.2, 0.25) is 0 Å². The van der Waals surface area contributed by atoms with E-state index < -0.39 is 11.5 Å². The van der Waals surface area contributed by atoms with E-state index in [-0.39, 0.29) is 35.1 Å². The van der Waals surface area contributed by atoms with Gasteiger partial charge in [0.15, 0.2) is 0 Å². The number of rotatable bonds is 5. The molecule has 7 unspecified atom stereocenters. The number of carbonyl (C=O) groups is 2. The quantitative estimate of drug-likeness (QED) is 0.403. The molecule has 0 aromatic heterocycles. The minimum atomic E-state index is -0.538. The van der Waals surface area contributed by atoms with Crippen molar-refractivity contribution in [2.45, 2.75) is 65.4 Å². The van der Waals surface area contributed by atoms with Crippen LogP contribution in [0.1, 0.15) is 59.3 Å². The van der Waals surface area contributed by atoms with Crippen molar-refractivity contribution in [3.8, 4) is 0 Å². The van der Waals surface area contributed by atoms with Crippen molar-refractivity contribution in [2.24, 2.45) is 34.5 Å². The van der Waals surface area contributed by atoms with Crippen molar-refractivity contribution < 1.29 is 24.2 Å². The third-order valence-corrected chi connectivity index (χ3v) is 8.67. The Kier molecular flexibility index (Phi) is 6.97. The number of fused-ring (bicyclic) bond motifs is 3. The third kappa shape index (κ3) is 3.93. The molecular formula is C24H39NO5. The summed E-state index contributed by atoms with van der Waals surface area (Å²) in [5.74, 6) is 0.249. The van der Waals surface area contributed by atoms with E-state index in [1.54, 1.807) is 6.08 Å². The van der Waals surface area contributed by atoms with Gasteiger partial charge in [-0.3, -0.25) is 4.79 Å². The minimum absolute atomic E-state index is 0.00180. The molecular weight excluding hydrogens is 382 g/mol. The zero-order chi connectivity index (χ0) is 22.1. The van der Waals surface area contributed by atoms with Crippen LogP contribution in [-0.4, -0.2) is 50.5 Å². The number of hydrogen-bond acceptors (Lipinski definition) is 6. The van der Waals surface area contributed by atoms with Crippen LogP contribution >= 0.6 is 0 Å². The van der Waals surface area contributed by atoms with Crippen molar-refractivity contribution in [2.75, 3.05) is 27.3 Å². The summed E-state index contributed by atoms with van der Waals surface area (Å²) in [4.78, 5) is 24.9. The van der Waals surface area contributed by atoms with Gasteiger partial charge in [-0.25, -0.2) is 4.79 Å². The van der Waals surface area contributed by atoms with Gasteiger partial charge in [-0.05, 0) is 75.2 Å². The molecule has 0 saturated heterocycles. The van der Waals surface area contributed by atoms with Gasteiger partial charge in [-0.2, -0.15) is 0 Å². The van der Waals surface area contributed by atoms with Crippen LogP contribution in [0.3, 0.4) is 0 Å². The average Bonchev–Trinajstić information content (AvgIpc) is 2.71. The largest absolute Gasteiger partial charge is 0.469 e. The number of hydrogen-bond donors (Lipinski definition) is 2. The lowest BCUT2D eigenvalue weighted by Crippen LogP contribution is -2.60. The topological polar surface area (TPSA) is 84.9 Å². The molecule has 3 aliphatic rings. The zero-order valence-electron chi connectivity index (χ0n) is 19.2. The van der Waals surface area contributed by atoms with Crippen LogP contribution in [0.4, 0.5) is 0 Å². The van der Waals surface area contributed by atoms with E-state index in [9.17, 15) is 14.7 Å². The fourth-order valence-electron chi connectivity index (χ4n) is 7.12. The maximum atomic E-state index is 12.7. The number of esters is 2. The molecule has 7 atom stereocenters. The van der Waals surface area contributed by atoms with Crippen LogP contribution < -0.4 is 5.32 Å². The van der Waals surface area contributed by atoms with Crippen molar-refractivity contribution in [3.63, 3.8) is 0 Å². The Hall–Kier alpha value is -1.40. The molecule has 170 valence electrons. The molecule has 3 fully saturated rings. The summed E-state index contributed by atoms with van der Waals surface area (Å²) in [5, 5.41) is 14.2. The van der Waals surface area contributed by atoms with Crippen molar-refractivity contribution in [1.29, 1.82) is 0 Å². The number of aliphatic hydroxyl groups is 1. The molecule has 2 N–H and O–H groups in total. The number of methoxy groups -OCH3 is 1. The van der Waals surface area contributed by atoms with Crippen molar-refractivity contribution in [3.05, 3.63) is 11.6 Å². The third-order valence-electron chi connectivity index (χ3n) is 8.67. The summed E-state index contributed by atoms with van der Waals surface area (Å²) in [6, 6.07) is 0. The van der Waals surface area contributed by atoms with Gasteiger partial charge in [-0.1, -0.05) is 25.8 Å². The molecule has 6 nitrogen and oxygen atoms in total. The molecule has 3 saturated carbocycles. The van der Waals surface area contributed by atoms with E-state index in [1.807, 2.05) is 14.0 Å². The fraction of sp³-hybridized carbons (Fsp3) is 0.833. The van der Waals surface area contributed by atoms with E-state index in [2.05, 4.69) is 19.2 Å². The van der Waals surface area contributed by atoms with Crippen molar-refractivity contribution >= 4 is 11.9 Å². The smallest absolute Gasteiger partial charge is 0.330 e. The average molecular weight is 422 g/mol. The summed E-state index contributed by atoms with van der Waals surface area (Å²) >= 11 is 0. The van der Waals surface area contributed by atoms with Gasteiger partial charge in [-0.15, -0.1) is 0 Å². The van der Waals surface area contributed by atoms with Crippen LogP contribution in [0.15, 0.2) is 11.6 Å². The molecule has 0 aromatic rings. The van der Waals surface area contributed by atoms with E-state index in [1.165, 1.54) is 7.11 Å². The van der Waals surface area contributed by atoms with Crippen LogP contribution in [-0.2, 0) is 19.1 Å². The summed E-state index contributed by atoms with van der Waals surface area (Å²) in [6.45, 7) is 7.49. The number of ether oxygens (including phenoxy) is 2. The number of aliphatic hydroxyl groups excluding tert-OH is 1. The van der Waals surface area contributed by atoms with Crippen LogP contribution in [0.5, 0.6) is 0 Å². The number of nitrogens with one attached hydrogen (secondary N) is 1. The number of allylic oxidation sites excluding steroid dienone is 1. The molecule has 3 rings (SSSR count). The van der Waals surface area contributed by atoms with Gasteiger partial charge in [0.1, 0.15) is 6.61 Å². The Morgan fingerprint density at radius 2 is 2.03 bits per heavy atom. The molecule has 30 heavy (non-hydrogen) atoms. The highest BCUT2D eigenvalue weighted by molar-refractivity contribution is 5.83. The molecule has 0 radical (unpaired) electrons. The second kappa shape index (κ2) is 8.99. The first-order valence-corrected chi connectivity index (χ1v) is 11.5. The van der Waals surface area contributed by atoms with Gasteiger partial charge in [0.25, 0.3) is 0 Å². The standard InChI is InChI=1S/C24H39NO5/c1-15-16(13-20(27)30-12-11-25-4)7-8-17-21(15)18(26)14-19-23(17,2)9-6-10-24(19,3)22(28)29-5/h13,15,17-19,21,25-26H,6-12,14H2,1-5H3/b16-13+. The second-order valence-electron chi connectivity index (χ2n) is 10.1. The minimum Gasteiger partial charge on any atom is -0.469 e. The Morgan fingerprint density at radius 3 is 2.70 bits per heavy atom. The molecule has 0 aliphatic heterocycles. The highest BCUT2D eigenvalue weighted by Crippen LogP contribution is 2.65. The zero-order valence-corrected chi connectivity index (χ0v) is 19.2. The lowest BCUT2D eigenvalue weighted by atomic mass is 9.42. The molecule has 6 heteroatoms. The lowest BCUT2D eigenvalue weighted by Gasteiger charge is -2.62. The molecule has 0 aromatic carbocycles. The molecule has 3 aliphatic carbocycles. The predicted octanol–water partition coefficient (Wildman–Crippen LogP) is 3.09. The van der Waals surface area contributed by atoms with Gasteiger partial charge in [0, 0.05) is 12.6 Å². The highest BCUT2D eigenvalue weighted by Gasteiger charge is 2.62. The molecule has 0 heterocycles. The Balaban J connectivity index is 1.83. The van der Waals surface area contributed by atoms with Gasteiger partial charge < -0.3 is 19.9 Å². The van der Waals surface area contributed by atoms with Gasteiger partial charge in [0.05, 0.1) is 18.6 Å². The van der Waals surface area contributed by atoms with Crippen LogP contribution in [0, 0.1) is 34.5 Å². The lowest BCUT2D eigenvalue weighted by molar-refractivity contribution is -0.189. The fourth-order valence-corrected chi connectivity index (χ4v) is 7.12. The summed E-state index contributed by atoms with van der Waals surface area (Å²) in [5.41, 5.74) is 0.542. The van der Waals surface area contributed by atoms with E-state index in [4.69, 9.17) is 9.47 Å². The van der Waals surface area contributed by atoms with Crippen molar-refractivity contribution in [1.82, 2.24) is 5.32 Å². The first kappa shape index (κ1) is 23.3. The highest BCUT2D eigenvalue weighted by atomic mass is 16.5. The van der Waals surface area contributed by atoms with Crippen LogP contribution in [0.25, 0.3) is 0 Å². The number of likely N-dealkylation sites (N-methyl/N-ethyl adjacent to an activating group) is 1. The Bertz CT molecular complexity index is 691. The normalized spacial score (nSPS) is 42.2. The predicted molar refractivity (Wildman–Crippen MR) is 115 cm³/mol. The summed E-state index contributed by atoms with van der Waals surface area (Å²) in [7, 11) is 3.29. The first-order chi connectivity index (χ1) is 14.2. The Morgan fingerprint density at radius 1 is 1.30 bits per heavy atom. The van der Waals surface area contributed by atoms with E-state index >= 15 is 0 Å². The molecule has 0 bridgehead atoms. The monoisotopic (exact) mass is 421 g/mol. The molecule has 0 spiro atoms. The summed E-state index contributed by atoms with van der Waals surface area (Å²) in [6.07, 6.45) is 6.48. The maximum absolute atomic E-state index is 12.7. The maximum Gasteiger partial charge on any atom is 0.330 e. The summed E-state index contributed by atoms with van der Waals surface area (Å²) < 4.78 is 10.5. The SMILES string of the molecule is CNCCOC(=O)/C=C1\CCC2C(C(O)CC3C(C)(C(=O)OC)CCCC23C)C1C. The van der Waals surface area contributed by atoms with Gasteiger partial charge >= 0.3 is 11.9 Å². The molecule has 0 amide bonds. The number of carbonyl (C=O) groups excluding carboxylic acids is 2. The Labute approximate surface area is 180 Å². The second-order valence-corrected chi connectivity index (χ2v) is 10.1. The van der Waals surface area contributed by atoms with E-state index in [0.29, 0.717) is 25.5 Å². The van der Waals surface area contributed by atoms with Gasteiger partial charge in [0.2, 0.25) is 0 Å². The first-order valence-electron chi connectivity index (χ1n) is 11.5.